The van der Waals surface area contributed by atoms with Crippen molar-refractivity contribution in [1.29, 1.82) is 0 Å². The molecule has 1 aromatic heterocycles. The van der Waals surface area contributed by atoms with Gasteiger partial charge in [0.1, 0.15) is 0 Å². The summed E-state index contributed by atoms with van der Waals surface area (Å²) in [6, 6.07) is 2.24. The van der Waals surface area contributed by atoms with E-state index < -0.39 is 0 Å². The molecule has 1 rings (SSSR count). The highest BCUT2D eigenvalue weighted by molar-refractivity contribution is 7.12. The van der Waals surface area contributed by atoms with Gasteiger partial charge in [-0.15, -0.1) is 22.9 Å². The third kappa shape index (κ3) is 3.29. The fourth-order valence-corrected chi connectivity index (χ4v) is 3.12. The van der Waals surface area contributed by atoms with E-state index in [0.717, 1.165) is 6.42 Å². The highest BCUT2D eigenvalue weighted by Gasteiger charge is 2.12. The monoisotopic (exact) mass is 230 g/mol. The molecule has 1 atom stereocenters. The molecule has 0 aliphatic rings. The zero-order chi connectivity index (χ0) is 10.6. The van der Waals surface area contributed by atoms with E-state index in [4.69, 9.17) is 11.6 Å². The van der Waals surface area contributed by atoms with Crippen LogP contribution < -0.4 is 0 Å². The lowest BCUT2D eigenvalue weighted by Gasteiger charge is -2.08. The highest BCUT2D eigenvalue weighted by Crippen LogP contribution is 2.33. The van der Waals surface area contributed by atoms with Crippen molar-refractivity contribution >= 4 is 22.9 Å². The summed E-state index contributed by atoms with van der Waals surface area (Å²) in [5.74, 6) is 0. The van der Waals surface area contributed by atoms with Crippen molar-refractivity contribution in [3.63, 3.8) is 0 Å². The zero-order valence-corrected chi connectivity index (χ0v) is 10.8. The lowest BCUT2D eigenvalue weighted by molar-refractivity contribution is 0.655. The summed E-state index contributed by atoms with van der Waals surface area (Å²) in [4.78, 5) is 2.76. The van der Waals surface area contributed by atoms with E-state index in [1.165, 1.54) is 34.6 Å². The van der Waals surface area contributed by atoms with Crippen LogP contribution in [0.25, 0.3) is 0 Å². The second kappa shape index (κ2) is 5.77. The number of aryl methyl sites for hydroxylation is 2. The predicted molar refractivity (Wildman–Crippen MR) is 66.5 cm³/mol. The Morgan fingerprint density at radius 1 is 1.36 bits per heavy atom. The van der Waals surface area contributed by atoms with Crippen LogP contribution in [0.5, 0.6) is 0 Å². The molecule has 0 saturated heterocycles. The number of alkyl halides is 1. The molecule has 0 aliphatic heterocycles. The molecule has 0 radical (unpaired) electrons. The Bertz CT molecular complexity index is 278. The first kappa shape index (κ1) is 12.1. The topological polar surface area (TPSA) is 0 Å². The Balaban J connectivity index is 2.51. The molecule has 80 valence electrons. The maximum Gasteiger partial charge on any atom is 0.0596 e. The van der Waals surface area contributed by atoms with Gasteiger partial charge in [0.2, 0.25) is 0 Å². The number of thiophene rings is 1. The minimum atomic E-state index is 0.228. The minimum absolute atomic E-state index is 0.228. The molecule has 0 spiro atoms. The number of hydrogen-bond acceptors (Lipinski definition) is 1. The lowest BCUT2D eigenvalue weighted by Crippen LogP contribution is -1.90. The predicted octanol–water partition coefficient (Wildman–Crippen LogP) is 5.23. The van der Waals surface area contributed by atoms with Crippen molar-refractivity contribution in [3.05, 3.63) is 21.4 Å². The molecule has 1 aromatic rings. The van der Waals surface area contributed by atoms with Crippen molar-refractivity contribution in [2.24, 2.45) is 0 Å². The molecule has 0 saturated carbocycles. The van der Waals surface area contributed by atoms with Gasteiger partial charge in [-0.3, -0.25) is 0 Å². The lowest BCUT2D eigenvalue weighted by atomic mass is 10.1. The molecular formula is C12H19ClS. The average molecular weight is 231 g/mol. The summed E-state index contributed by atoms with van der Waals surface area (Å²) in [7, 11) is 0. The highest BCUT2D eigenvalue weighted by atomic mass is 35.5. The molecule has 0 fully saturated rings. The van der Waals surface area contributed by atoms with Crippen molar-refractivity contribution in [2.45, 2.75) is 51.8 Å². The van der Waals surface area contributed by atoms with Gasteiger partial charge in [-0.1, -0.05) is 26.2 Å². The third-order valence-corrected chi connectivity index (χ3v) is 3.91. The van der Waals surface area contributed by atoms with Gasteiger partial charge in [-0.05, 0) is 31.9 Å². The molecule has 0 aliphatic carbocycles. The van der Waals surface area contributed by atoms with E-state index in [1.54, 1.807) is 0 Å². The first-order chi connectivity index (χ1) is 6.65. The van der Waals surface area contributed by atoms with Gasteiger partial charge in [0.15, 0.2) is 0 Å². The first-order valence-electron chi connectivity index (χ1n) is 5.36. The summed E-state index contributed by atoms with van der Waals surface area (Å²) >= 11 is 8.22. The number of hydrogen-bond donors (Lipinski definition) is 0. The third-order valence-electron chi connectivity index (χ3n) is 2.48. The van der Waals surface area contributed by atoms with Crippen LogP contribution in [0.3, 0.4) is 0 Å². The first-order valence-corrected chi connectivity index (χ1v) is 6.61. The van der Waals surface area contributed by atoms with Crippen LogP contribution in [0, 0.1) is 13.8 Å². The van der Waals surface area contributed by atoms with Gasteiger partial charge >= 0.3 is 0 Å². The van der Waals surface area contributed by atoms with Crippen LogP contribution >= 0.6 is 22.9 Å². The minimum Gasteiger partial charge on any atom is -0.146 e. The summed E-state index contributed by atoms with van der Waals surface area (Å²) in [6.07, 6.45) is 4.93. The Hall–Kier alpha value is -0.0100. The summed E-state index contributed by atoms with van der Waals surface area (Å²) in [5, 5.41) is 0.228. The van der Waals surface area contributed by atoms with Gasteiger partial charge in [-0.2, -0.15) is 0 Å². The SMILES string of the molecule is CCCCCC(Cl)c1cc(C)sc1C. The van der Waals surface area contributed by atoms with Crippen molar-refractivity contribution in [3.8, 4) is 0 Å². The number of halogens is 1. The summed E-state index contributed by atoms with van der Waals surface area (Å²) < 4.78 is 0. The quantitative estimate of drug-likeness (QED) is 0.480. The van der Waals surface area contributed by atoms with E-state index in [1.807, 2.05) is 11.3 Å². The second-order valence-electron chi connectivity index (χ2n) is 3.83. The van der Waals surface area contributed by atoms with Crippen LogP contribution in [0.2, 0.25) is 0 Å². The molecule has 0 amide bonds. The van der Waals surface area contributed by atoms with Crippen LogP contribution in [-0.2, 0) is 0 Å². The Kier molecular flexibility index (Phi) is 4.97. The summed E-state index contributed by atoms with van der Waals surface area (Å²) in [6.45, 7) is 6.54. The van der Waals surface area contributed by atoms with Crippen LogP contribution in [-0.4, -0.2) is 0 Å². The Morgan fingerprint density at radius 2 is 2.07 bits per heavy atom. The second-order valence-corrected chi connectivity index (χ2v) is 5.82. The van der Waals surface area contributed by atoms with Gasteiger partial charge in [0.05, 0.1) is 5.38 Å². The molecule has 0 aromatic carbocycles. The maximum absolute atomic E-state index is 6.37. The fraction of sp³-hybridized carbons (Fsp3) is 0.667. The molecule has 1 unspecified atom stereocenters. The zero-order valence-electron chi connectivity index (χ0n) is 9.27. The molecule has 14 heavy (non-hydrogen) atoms. The van der Waals surface area contributed by atoms with Gasteiger partial charge in [-0.25, -0.2) is 0 Å². The normalized spacial score (nSPS) is 13.1. The van der Waals surface area contributed by atoms with E-state index in [-0.39, 0.29) is 5.38 Å². The van der Waals surface area contributed by atoms with Gasteiger partial charge in [0.25, 0.3) is 0 Å². The largest absolute Gasteiger partial charge is 0.146 e. The maximum atomic E-state index is 6.37. The molecular weight excluding hydrogens is 212 g/mol. The fourth-order valence-electron chi connectivity index (χ4n) is 1.69. The van der Waals surface area contributed by atoms with Crippen molar-refractivity contribution in [2.75, 3.05) is 0 Å². The van der Waals surface area contributed by atoms with Crippen molar-refractivity contribution < 1.29 is 0 Å². The number of unbranched alkanes of at least 4 members (excludes halogenated alkanes) is 2. The van der Waals surface area contributed by atoms with E-state index in [9.17, 15) is 0 Å². The Morgan fingerprint density at radius 3 is 2.57 bits per heavy atom. The van der Waals surface area contributed by atoms with E-state index in [2.05, 4.69) is 26.8 Å². The van der Waals surface area contributed by atoms with Crippen LogP contribution in [0.15, 0.2) is 6.07 Å². The van der Waals surface area contributed by atoms with Gasteiger partial charge in [0, 0.05) is 9.75 Å². The van der Waals surface area contributed by atoms with Gasteiger partial charge < -0.3 is 0 Å². The van der Waals surface area contributed by atoms with Crippen LogP contribution in [0.4, 0.5) is 0 Å². The average Bonchev–Trinajstić information content (AvgIpc) is 2.45. The molecule has 2 heteroatoms. The molecule has 1 heterocycles. The standard InChI is InChI=1S/C12H19ClS/c1-4-5-6-7-12(13)11-8-9(2)14-10(11)3/h8,12H,4-7H2,1-3H3. The summed E-state index contributed by atoms with van der Waals surface area (Å²) in [5.41, 5.74) is 1.35. The Labute approximate surface area is 96.3 Å². The van der Waals surface area contributed by atoms with Crippen molar-refractivity contribution in [1.82, 2.24) is 0 Å². The number of rotatable bonds is 5. The molecule has 0 bridgehead atoms. The van der Waals surface area contributed by atoms with E-state index in [0.29, 0.717) is 0 Å². The molecule has 0 nitrogen and oxygen atoms in total. The molecule has 0 N–H and O–H groups in total. The van der Waals surface area contributed by atoms with E-state index >= 15 is 0 Å². The smallest absolute Gasteiger partial charge is 0.0596 e. The van der Waals surface area contributed by atoms with Crippen LogP contribution in [0.1, 0.15) is 53.3 Å².